The van der Waals surface area contributed by atoms with Crippen LogP contribution in [0.25, 0.3) is 0 Å². The van der Waals surface area contributed by atoms with Crippen LogP contribution in [0, 0.1) is 0 Å². The number of carbonyl (C=O) groups is 2. The molecule has 0 heterocycles. The SMILES string of the molecule is CC/C=C\C/C=C\C/C=C\C/C=C\C/C=C\C/C=C\CCC(=O)OC[C@H](COP(=O)(O)OC[C@@H](O)COP(=O)(O)O)OC(=O)CCC[C@H](O)/C=C/C=C\C/C=C\C=C\[C@H](O)CCCCC. The molecule has 0 aliphatic carbocycles. The summed E-state index contributed by atoms with van der Waals surface area (Å²) in [5.41, 5.74) is 0. The summed E-state index contributed by atoms with van der Waals surface area (Å²) in [5, 5.41) is 30.0. The fourth-order valence-corrected chi connectivity index (χ4v) is 6.27. The van der Waals surface area contributed by atoms with Crippen LogP contribution in [0.1, 0.15) is 117 Å². The third-order valence-electron chi connectivity index (χ3n) is 8.55. The van der Waals surface area contributed by atoms with E-state index >= 15 is 0 Å². The molecule has 1 unspecified atom stereocenters. The summed E-state index contributed by atoms with van der Waals surface area (Å²) in [5.74, 6) is -1.37. The Bertz CT molecular complexity index is 1640. The molecule has 0 saturated carbocycles. The maximum Gasteiger partial charge on any atom is 0.472 e. The van der Waals surface area contributed by atoms with Crippen molar-refractivity contribution in [1.82, 2.24) is 0 Å². The predicted octanol–water partition coefficient (Wildman–Crippen LogP) is 9.61. The first-order chi connectivity index (χ1) is 31.2. The molecular weight excluding hydrogens is 878 g/mol. The molecule has 0 amide bonds. The first kappa shape index (κ1) is 61.4. The van der Waals surface area contributed by atoms with Gasteiger partial charge in [-0.15, -0.1) is 0 Å². The summed E-state index contributed by atoms with van der Waals surface area (Å²) in [6, 6.07) is 0. The lowest BCUT2D eigenvalue weighted by atomic mass is 10.1. The van der Waals surface area contributed by atoms with Crippen molar-refractivity contribution < 1.29 is 71.8 Å². The molecule has 0 aromatic carbocycles. The van der Waals surface area contributed by atoms with Gasteiger partial charge in [-0.05, 0) is 70.6 Å². The summed E-state index contributed by atoms with van der Waals surface area (Å²) < 4.78 is 47.5. The van der Waals surface area contributed by atoms with E-state index in [0.29, 0.717) is 19.3 Å². The first-order valence-electron chi connectivity index (χ1n) is 22.4. The molecule has 0 saturated heterocycles. The molecule has 0 fully saturated rings. The van der Waals surface area contributed by atoms with Gasteiger partial charge >= 0.3 is 27.6 Å². The van der Waals surface area contributed by atoms with Gasteiger partial charge in [-0.1, -0.05) is 155 Å². The minimum atomic E-state index is -4.91. The maximum atomic E-state index is 12.7. The number of phosphoric ester groups is 2. The third kappa shape index (κ3) is 45.4. The van der Waals surface area contributed by atoms with E-state index in [-0.39, 0.29) is 25.7 Å². The highest BCUT2D eigenvalue weighted by Crippen LogP contribution is 2.43. The third-order valence-corrected chi connectivity index (χ3v) is 9.98. The Morgan fingerprint density at radius 3 is 1.52 bits per heavy atom. The van der Waals surface area contributed by atoms with E-state index in [1.54, 1.807) is 24.3 Å². The van der Waals surface area contributed by atoms with Crippen LogP contribution in [-0.4, -0.2) is 92.8 Å². The molecule has 0 aliphatic heterocycles. The Morgan fingerprint density at radius 1 is 0.523 bits per heavy atom. The molecule has 0 bridgehead atoms. The second kappa shape index (κ2) is 41.8. The van der Waals surface area contributed by atoms with E-state index in [9.17, 15) is 38.9 Å². The van der Waals surface area contributed by atoms with Gasteiger partial charge in [0.15, 0.2) is 6.10 Å². The number of unbranched alkanes of at least 4 members (excludes halogenated alkanes) is 2. The molecule has 5 atom stereocenters. The number of carbonyl (C=O) groups excluding carboxylic acids is 2. The monoisotopic (exact) mass is 954 g/mol. The number of ether oxygens (including phenoxy) is 2. The molecule has 0 rings (SSSR count). The number of hydrogen-bond donors (Lipinski definition) is 6. The van der Waals surface area contributed by atoms with Gasteiger partial charge in [0, 0.05) is 12.8 Å². The van der Waals surface area contributed by atoms with Crippen LogP contribution in [0.5, 0.6) is 0 Å². The van der Waals surface area contributed by atoms with E-state index in [2.05, 4.69) is 77.6 Å². The Hall–Kier alpha value is -3.56. The molecule has 65 heavy (non-hydrogen) atoms. The van der Waals surface area contributed by atoms with Crippen molar-refractivity contribution in [2.24, 2.45) is 0 Å². The number of phosphoric acid groups is 2. The Labute approximate surface area is 387 Å². The highest BCUT2D eigenvalue weighted by Gasteiger charge is 2.28. The van der Waals surface area contributed by atoms with Crippen LogP contribution >= 0.6 is 15.6 Å². The van der Waals surface area contributed by atoms with Crippen LogP contribution in [0.15, 0.2) is 122 Å². The largest absolute Gasteiger partial charge is 0.472 e. The fourth-order valence-electron chi connectivity index (χ4n) is 5.12. The summed E-state index contributed by atoms with van der Waals surface area (Å²) in [7, 11) is -9.81. The molecule has 17 heteroatoms. The summed E-state index contributed by atoms with van der Waals surface area (Å²) in [4.78, 5) is 52.7. The predicted molar refractivity (Wildman–Crippen MR) is 255 cm³/mol. The number of esters is 2. The van der Waals surface area contributed by atoms with Crippen LogP contribution in [0.4, 0.5) is 0 Å². The average molecular weight is 955 g/mol. The van der Waals surface area contributed by atoms with E-state index in [0.717, 1.165) is 57.8 Å². The minimum Gasteiger partial charge on any atom is -0.462 e. The zero-order chi connectivity index (χ0) is 48.3. The molecule has 6 N–H and O–H groups in total. The van der Waals surface area contributed by atoms with Crippen molar-refractivity contribution in [2.45, 2.75) is 141 Å². The number of hydrogen-bond acceptors (Lipinski definition) is 12. The van der Waals surface area contributed by atoms with Crippen molar-refractivity contribution in [3.05, 3.63) is 122 Å². The van der Waals surface area contributed by atoms with Gasteiger partial charge in [0.2, 0.25) is 0 Å². The zero-order valence-electron chi connectivity index (χ0n) is 38.3. The number of allylic oxidation sites excluding steroid dienone is 18. The second-order valence-corrected chi connectivity index (χ2v) is 17.3. The van der Waals surface area contributed by atoms with Crippen molar-refractivity contribution in [1.29, 1.82) is 0 Å². The smallest absolute Gasteiger partial charge is 0.462 e. The lowest BCUT2D eigenvalue weighted by Crippen LogP contribution is -2.30. The van der Waals surface area contributed by atoms with Crippen LogP contribution in [0.3, 0.4) is 0 Å². The molecule has 15 nitrogen and oxygen atoms in total. The zero-order valence-corrected chi connectivity index (χ0v) is 40.0. The number of aliphatic hydroxyl groups excluding tert-OH is 3. The van der Waals surface area contributed by atoms with Gasteiger partial charge in [0.05, 0.1) is 32.0 Å². The van der Waals surface area contributed by atoms with Crippen molar-refractivity contribution in [3.8, 4) is 0 Å². The lowest BCUT2D eigenvalue weighted by Gasteiger charge is -2.20. The highest BCUT2D eigenvalue weighted by atomic mass is 31.2. The molecule has 0 radical (unpaired) electrons. The minimum absolute atomic E-state index is 0.0127. The average Bonchev–Trinajstić information content (AvgIpc) is 3.26. The number of rotatable bonds is 40. The first-order valence-corrected chi connectivity index (χ1v) is 25.5. The van der Waals surface area contributed by atoms with E-state index < -0.39 is 78.4 Å². The Morgan fingerprint density at radius 2 is 1.00 bits per heavy atom. The Balaban J connectivity index is 4.87. The van der Waals surface area contributed by atoms with E-state index in [1.807, 2.05) is 42.5 Å². The van der Waals surface area contributed by atoms with Gasteiger partial charge in [-0.3, -0.25) is 23.2 Å². The van der Waals surface area contributed by atoms with E-state index in [4.69, 9.17) is 23.8 Å². The lowest BCUT2D eigenvalue weighted by molar-refractivity contribution is -0.161. The summed E-state index contributed by atoms with van der Waals surface area (Å²) in [6.07, 6.45) is 45.6. The van der Waals surface area contributed by atoms with E-state index in [1.165, 1.54) is 0 Å². The number of aliphatic hydroxyl groups is 3. The molecule has 368 valence electrons. The van der Waals surface area contributed by atoms with Gasteiger partial charge in [0.25, 0.3) is 0 Å². The van der Waals surface area contributed by atoms with Gasteiger partial charge < -0.3 is 39.5 Å². The van der Waals surface area contributed by atoms with Crippen molar-refractivity contribution >= 4 is 27.6 Å². The standard InChI is InChI=1S/C48H76O15P2/c1-3-5-7-8-9-10-11-12-13-14-15-16-17-18-19-20-24-27-31-37-47(52)59-41-46(42-62-65(57,58)61-40-45(51)39-60-64(54,55)56)63-48(53)38-32-36-44(50)35-30-26-23-21-22-25-29-34-43(49)33-28-6-4-2/h5,7,9-10,12-13,15-16,18-19,22-27,29-30,34-35,43-46,49-51H,3-4,6,8,11,14,17,20-21,28,31-33,36-42H2,1-2H3,(H,57,58)(H2,54,55,56)/b7-5-,10-9-,13-12-,16-15-,19-18-,25-22-,26-23-,27-24-,34-29+,35-30+/t43-,44-,45+,46-/m1/s1. The van der Waals surface area contributed by atoms with Crippen LogP contribution < -0.4 is 0 Å². The topological polar surface area (TPSA) is 236 Å². The summed E-state index contributed by atoms with van der Waals surface area (Å²) in [6.45, 7) is 1.17. The molecular formula is C48H76O15P2. The normalized spacial score (nSPS) is 16.0. The van der Waals surface area contributed by atoms with Gasteiger partial charge in [-0.25, -0.2) is 9.13 Å². The quantitative estimate of drug-likeness (QED) is 0.0110. The van der Waals surface area contributed by atoms with Crippen molar-refractivity contribution in [2.75, 3.05) is 26.4 Å². The summed E-state index contributed by atoms with van der Waals surface area (Å²) >= 11 is 0. The Kier molecular flexibility index (Phi) is 39.5. The van der Waals surface area contributed by atoms with Gasteiger partial charge in [0.1, 0.15) is 12.7 Å². The van der Waals surface area contributed by atoms with Gasteiger partial charge in [-0.2, -0.15) is 0 Å². The highest BCUT2D eigenvalue weighted by molar-refractivity contribution is 7.47. The maximum absolute atomic E-state index is 12.7. The van der Waals surface area contributed by atoms with Crippen molar-refractivity contribution in [3.63, 3.8) is 0 Å². The molecule has 0 aromatic rings. The molecule has 0 aliphatic rings. The van der Waals surface area contributed by atoms with Crippen LogP contribution in [0.2, 0.25) is 0 Å². The molecule has 0 spiro atoms. The molecule has 0 aromatic heterocycles. The fraction of sp³-hybridized carbons (Fsp3) is 0.542. The second-order valence-electron chi connectivity index (χ2n) is 14.6. The van der Waals surface area contributed by atoms with Crippen LogP contribution in [-0.2, 0) is 41.8 Å².